The first kappa shape index (κ1) is 20.5. The summed E-state index contributed by atoms with van der Waals surface area (Å²) in [6, 6.07) is 35.3. The molecular formula is C33H26N2. The number of allylic oxidation sites excluding steroid dienone is 4. The maximum Gasteiger partial charge on any atom is 0.112 e. The molecule has 4 aliphatic carbocycles. The highest BCUT2D eigenvalue weighted by Gasteiger charge is 2.77. The second kappa shape index (κ2) is 6.84. The largest absolute Gasteiger partial charge is 0.197 e. The summed E-state index contributed by atoms with van der Waals surface area (Å²) in [6.07, 6.45) is 6.30. The van der Waals surface area contributed by atoms with E-state index in [1.54, 1.807) is 0 Å². The molecule has 0 aliphatic heterocycles. The van der Waals surface area contributed by atoms with Crippen molar-refractivity contribution in [2.75, 3.05) is 0 Å². The number of benzene rings is 3. The van der Waals surface area contributed by atoms with Crippen LogP contribution >= 0.6 is 0 Å². The molecule has 168 valence electrons. The Morgan fingerprint density at radius 2 is 1.34 bits per heavy atom. The summed E-state index contributed by atoms with van der Waals surface area (Å²) >= 11 is 0. The summed E-state index contributed by atoms with van der Waals surface area (Å²) in [5.74, 6) is 0.469. The lowest BCUT2D eigenvalue weighted by molar-refractivity contribution is 0.0594. The van der Waals surface area contributed by atoms with Crippen LogP contribution in [-0.2, 0) is 10.8 Å². The van der Waals surface area contributed by atoms with Crippen molar-refractivity contribution in [1.82, 2.24) is 0 Å². The Hall–Kier alpha value is -3.88. The topological polar surface area (TPSA) is 47.6 Å². The molecule has 2 nitrogen and oxygen atoms in total. The minimum Gasteiger partial charge on any atom is -0.197 e. The zero-order valence-corrected chi connectivity index (χ0v) is 19.8. The Morgan fingerprint density at radius 1 is 0.743 bits per heavy atom. The fourth-order valence-electron chi connectivity index (χ4n) is 8.22. The third-order valence-electron chi connectivity index (χ3n) is 9.62. The van der Waals surface area contributed by atoms with Crippen LogP contribution in [0.2, 0.25) is 0 Å². The van der Waals surface area contributed by atoms with Gasteiger partial charge in [0.2, 0.25) is 0 Å². The van der Waals surface area contributed by atoms with Crippen LogP contribution in [-0.4, -0.2) is 0 Å². The molecule has 0 N–H and O–H groups in total. The van der Waals surface area contributed by atoms with E-state index in [-0.39, 0.29) is 17.8 Å². The average Bonchev–Trinajstić information content (AvgIpc) is 3.27. The van der Waals surface area contributed by atoms with Crippen molar-refractivity contribution >= 4 is 0 Å². The van der Waals surface area contributed by atoms with E-state index in [1.807, 2.05) is 18.2 Å². The van der Waals surface area contributed by atoms with E-state index in [4.69, 9.17) is 0 Å². The smallest absolute Gasteiger partial charge is 0.112 e. The maximum atomic E-state index is 11.2. The predicted molar refractivity (Wildman–Crippen MR) is 136 cm³/mol. The van der Waals surface area contributed by atoms with Gasteiger partial charge in [-0.05, 0) is 46.6 Å². The van der Waals surface area contributed by atoms with Crippen LogP contribution < -0.4 is 0 Å². The minimum absolute atomic E-state index is 0.0350. The van der Waals surface area contributed by atoms with E-state index in [0.717, 1.165) is 24.0 Å². The summed E-state index contributed by atoms with van der Waals surface area (Å²) in [6.45, 7) is 2.26. The van der Waals surface area contributed by atoms with Gasteiger partial charge < -0.3 is 0 Å². The first-order valence-corrected chi connectivity index (χ1v) is 12.6. The molecule has 0 aromatic heterocycles. The van der Waals surface area contributed by atoms with Crippen molar-refractivity contribution in [3.8, 4) is 12.1 Å². The van der Waals surface area contributed by atoms with Gasteiger partial charge in [0.05, 0.1) is 17.6 Å². The molecule has 1 unspecified atom stereocenters. The van der Waals surface area contributed by atoms with Gasteiger partial charge in [-0.15, -0.1) is 0 Å². The van der Waals surface area contributed by atoms with Crippen molar-refractivity contribution in [2.45, 2.75) is 42.4 Å². The van der Waals surface area contributed by atoms with Crippen molar-refractivity contribution in [1.29, 1.82) is 10.5 Å². The monoisotopic (exact) mass is 450 g/mol. The summed E-state index contributed by atoms with van der Waals surface area (Å²) in [5, 5.41) is 22.1. The second-order valence-corrected chi connectivity index (χ2v) is 10.7. The maximum absolute atomic E-state index is 11.2. The molecule has 1 fully saturated rings. The molecule has 1 saturated carbocycles. The number of rotatable bonds is 2. The standard InChI is InChI=1S/C33H26N2/c1-22-16-17-33-29(24-12-6-3-7-13-24)19-31(33,20-34)26-14-8-9-15-27(26)32(21-35)28(18-25(22)30(32)33)23-10-4-2-5-11-23/h2-17,22,28-29H,18-19H2,1H3/t22-,28+,29?,31-,32-,33-/m1/s1. The summed E-state index contributed by atoms with van der Waals surface area (Å²) in [7, 11) is 0. The molecule has 0 amide bonds. The van der Waals surface area contributed by atoms with Gasteiger partial charge >= 0.3 is 0 Å². The fraction of sp³-hybridized carbons (Fsp3) is 0.273. The van der Waals surface area contributed by atoms with Crippen LogP contribution in [0.5, 0.6) is 0 Å². The third-order valence-corrected chi connectivity index (χ3v) is 9.62. The van der Waals surface area contributed by atoms with Crippen LogP contribution in [0, 0.1) is 34.0 Å². The number of nitrogens with zero attached hydrogens (tertiary/aromatic N) is 2. The van der Waals surface area contributed by atoms with E-state index in [2.05, 4.69) is 97.9 Å². The third kappa shape index (κ3) is 2.16. The lowest BCUT2D eigenvalue weighted by Crippen LogP contribution is -2.66. The van der Waals surface area contributed by atoms with Gasteiger partial charge in [0.15, 0.2) is 0 Å². The van der Waals surface area contributed by atoms with Crippen molar-refractivity contribution < 1.29 is 0 Å². The molecule has 3 aromatic carbocycles. The molecule has 2 heteroatoms. The van der Waals surface area contributed by atoms with Gasteiger partial charge in [0.1, 0.15) is 5.41 Å². The summed E-state index contributed by atoms with van der Waals surface area (Å²) < 4.78 is 0. The highest BCUT2D eigenvalue weighted by molar-refractivity contribution is 5.73. The molecule has 35 heavy (non-hydrogen) atoms. The molecule has 0 heterocycles. The second-order valence-electron chi connectivity index (χ2n) is 10.7. The van der Waals surface area contributed by atoms with E-state index in [0.29, 0.717) is 0 Å². The molecule has 0 saturated heterocycles. The highest BCUT2D eigenvalue weighted by atomic mass is 14.8. The molecule has 7 rings (SSSR count). The zero-order chi connectivity index (χ0) is 23.8. The normalized spacial score (nSPS) is 35.7. The van der Waals surface area contributed by atoms with Crippen LogP contribution in [0.1, 0.15) is 53.9 Å². The molecule has 0 bridgehead atoms. The number of fused-ring (bicyclic) bond motifs is 3. The summed E-state index contributed by atoms with van der Waals surface area (Å²) in [5.41, 5.74) is 5.24. The number of nitriles is 2. The van der Waals surface area contributed by atoms with Gasteiger partial charge in [0, 0.05) is 17.3 Å². The van der Waals surface area contributed by atoms with Crippen LogP contribution in [0.15, 0.2) is 108 Å². The lowest BCUT2D eigenvalue weighted by atomic mass is 9.32. The molecular weight excluding hydrogens is 424 g/mol. The Bertz CT molecular complexity index is 1500. The van der Waals surface area contributed by atoms with E-state index in [1.165, 1.54) is 22.3 Å². The van der Waals surface area contributed by atoms with Gasteiger partial charge in [-0.3, -0.25) is 0 Å². The molecule has 0 radical (unpaired) electrons. The molecule has 6 atom stereocenters. The summed E-state index contributed by atoms with van der Waals surface area (Å²) in [4.78, 5) is 0. The van der Waals surface area contributed by atoms with Crippen LogP contribution in [0.4, 0.5) is 0 Å². The van der Waals surface area contributed by atoms with E-state index < -0.39 is 16.2 Å². The minimum atomic E-state index is -0.778. The molecule has 4 aliphatic rings. The zero-order valence-electron chi connectivity index (χ0n) is 19.8. The quantitative estimate of drug-likeness (QED) is 0.391. The first-order chi connectivity index (χ1) is 17.1. The van der Waals surface area contributed by atoms with E-state index in [9.17, 15) is 10.5 Å². The SMILES string of the molecule is C[C@@H]1C=C[C@@]23C4=C1C[C@@H](c1ccccc1)[C@@]4(C#N)c1ccccc1[C@]2(C#N)CC3c1ccccc1. The molecule has 3 aromatic rings. The first-order valence-electron chi connectivity index (χ1n) is 12.6. The predicted octanol–water partition coefficient (Wildman–Crippen LogP) is 7.09. The Labute approximate surface area is 206 Å². The Kier molecular flexibility index (Phi) is 4.00. The van der Waals surface area contributed by atoms with Crippen LogP contribution in [0.25, 0.3) is 0 Å². The van der Waals surface area contributed by atoms with E-state index >= 15 is 0 Å². The fourth-order valence-corrected chi connectivity index (χ4v) is 8.22. The highest BCUT2D eigenvalue weighted by Crippen LogP contribution is 2.80. The van der Waals surface area contributed by atoms with Gasteiger partial charge in [-0.25, -0.2) is 0 Å². The number of hydrogen-bond acceptors (Lipinski definition) is 2. The lowest BCUT2D eigenvalue weighted by Gasteiger charge is -2.67. The number of hydrogen-bond donors (Lipinski definition) is 0. The van der Waals surface area contributed by atoms with Crippen molar-refractivity contribution in [3.05, 3.63) is 130 Å². The van der Waals surface area contributed by atoms with Crippen molar-refractivity contribution in [2.24, 2.45) is 11.3 Å². The average molecular weight is 451 g/mol. The Balaban J connectivity index is 1.61. The van der Waals surface area contributed by atoms with Crippen molar-refractivity contribution in [3.63, 3.8) is 0 Å². The van der Waals surface area contributed by atoms with Gasteiger partial charge in [0.25, 0.3) is 0 Å². The Morgan fingerprint density at radius 3 is 1.97 bits per heavy atom. The van der Waals surface area contributed by atoms with Gasteiger partial charge in [-0.1, -0.05) is 110 Å². The van der Waals surface area contributed by atoms with Gasteiger partial charge in [-0.2, -0.15) is 10.5 Å². The molecule has 1 spiro atoms. The van der Waals surface area contributed by atoms with Crippen LogP contribution in [0.3, 0.4) is 0 Å².